The normalized spacial score (nSPS) is 19.1. The molecule has 0 spiro atoms. The summed E-state index contributed by atoms with van der Waals surface area (Å²) in [6.07, 6.45) is 3.96. The largest absolute Gasteiger partial charge is 0.507 e. The first-order valence-corrected chi connectivity index (χ1v) is 6.64. The fourth-order valence-electron chi connectivity index (χ4n) is 2.48. The van der Waals surface area contributed by atoms with Crippen LogP contribution in [0.1, 0.15) is 44.7 Å². The number of benzene rings is 1. The Morgan fingerprint density at radius 1 is 1.44 bits per heavy atom. The van der Waals surface area contributed by atoms with Gasteiger partial charge in [-0.3, -0.25) is 0 Å². The molecule has 0 radical (unpaired) electrons. The summed E-state index contributed by atoms with van der Waals surface area (Å²) in [4.78, 5) is 0. The first-order valence-electron chi connectivity index (χ1n) is 6.64. The molecule has 0 amide bonds. The standard InChI is InChI=1S/C15H23NO2/c1-11(16-10-15(2)7-4-8-15)13-6-5-12(18-3)9-14(13)17/h5-6,9,11,16-17H,4,7-8,10H2,1-3H3. The SMILES string of the molecule is COc1ccc(C(C)NCC2(C)CCC2)c(O)c1. The van der Waals surface area contributed by atoms with Crippen molar-refractivity contribution in [1.82, 2.24) is 5.32 Å². The minimum Gasteiger partial charge on any atom is -0.507 e. The average Bonchev–Trinajstić information content (AvgIpc) is 2.33. The highest BCUT2D eigenvalue weighted by Gasteiger charge is 2.31. The lowest BCUT2D eigenvalue weighted by Gasteiger charge is -2.39. The molecule has 1 aliphatic rings. The van der Waals surface area contributed by atoms with Crippen LogP contribution in [0, 0.1) is 5.41 Å². The molecule has 100 valence electrons. The van der Waals surface area contributed by atoms with Gasteiger partial charge in [0.05, 0.1) is 7.11 Å². The summed E-state index contributed by atoms with van der Waals surface area (Å²) in [5.74, 6) is 0.988. The average molecular weight is 249 g/mol. The fraction of sp³-hybridized carbons (Fsp3) is 0.600. The van der Waals surface area contributed by atoms with E-state index < -0.39 is 0 Å². The number of ether oxygens (including phenoxy) is 1. The molecule has 2 rings (SSSR count). The van der Waals surface area contributed by atoms with E-state index in [1.54, 1.807) is 13.2 Å². The minimum absolute atomic E-state index is 0.160. The van der Waals surface area contributed by atoms with Crippen LogP contribution in [0.15, 0.2) is 18.2 Å². The van der Waals surface area contributed by atoms with Crippen LogP contribution in [-0.2, 0) is 0 Å². The highest BCUT2D eigenvalue weighted by Crippen LogP contribution is 2.40. The molecule has 1 saturated carbocycles. The Kier molecular flexibility index (Phi) is 3.81. The van der Waals surface area contributed by atoms with E-state index in [0.717, 1.165) is 12.1 Å². The Morgan fingerprint density at radius 3 is 2.67 bits per heavy atom. The van der Waals surface area contributed by atoms with E-state index >= 15 is 0 Å². The van der Waals surface area contributed by atoms with Crippen LogP contribution in [-0.4, -0.2) is 18.8 Å². The predicted octanol–water partition coefficient (Wildman–Crippen LogP) is 3.24. The van der Waals surface area contributed by atoms with E-state index in [4.69, 9.17) is 4.74 Å². The van der Waals surface area contributed by atoms with Crippen molar-refractivity contribution in [3.63, 3.8) is 0 Å². The molecular formula is C15H23NO2. The summed E-state index contributed by atoms with van der Waals surface area (Å²) in [7, 11) is 1.60. The first-order chi connectivity index (χ1) is 8.54. The molecule has 2 N–H and O–H groups in total. The third-order valence-corrected chi connectivity index (χ3v) is 4.10. The molecule has 1 aromatic carbocycles. The summed E-state index contributed by atoms with van der Waals surface area (Å²) in [5.41, 5.74) is 1.38. The third kappa shape index (κ3) is 2.78. The summed E-state index contributed by atoms with van der Waals surface area (Å²) >= 11 is 0. The van der Waals surface area contributed by atoms with Crippen molar-refractivity contribution in [1.29, 1.82) is 0 Å². The lowest BCUT2D eigenvalue weighted by atomic mass is 9.70. The third-order valence-electron chi connectivity index (χ3n) is 4.10. The molecule has 0 bridgehead atoms. The van der Waals surface area contributed by atoms with Crippen LogP contribution in [0.4, 0.5) is 0 Å². The molecular weight excluding hydrogens is 226 g/mol. The molecule has 0 heterocycles. The quantitative estimate of drug-likeness (QED) is 0.841. The summed E-state index contributed by atoms with van der Waals surface area (Å²) < 4.78 is 5.09. The van der Waals surface area contributed by atoms with E-state index in [0.29, 0.717) is 16.9 Å². The number of nitrogens with one attached hydrogen (secondary N) is 1. The van der Waals surface area contributed by atoms with Crippen molar-refractivity contribution < 1.29 is 9.84 Å². The van der Waals surface area contributed by atoms with E-state index in [1.165, 1.54) is 19.3 Å². The molecule has 18 heavy (non-hydrogen) atoms. The van der Waals surface area contributed by atoms with Crippen LogP contribution >= 0.6 is 0 Å². The Bertz CT molecular complexity index is 413. The topological polar surface area (TPSA) is 41.5 Å². The molecule has 1 unspecified atom stereocenters. The summed E-state index contributed by atoms with van der Waals surface area (Å²) in [6, 6.07) is 5.64. The van der Waals surface area contributed by atoms with Gasteiger partial charge in [0.15, 0.2) is 0 Å². The van der Waals surface area contributed by atoms with E-state index in [2.05, 4.69) is 19.2 Å². The number of phenolic OH excluding ortho intramolecular Hbond substituents is 1. The molecule has 1 fully saturated rings. The van der Waals surface area contributed by atoms with Crippen LogP contribution < -0.4 is 10.1 Å². The first kappa shape index (κ1) is 13.2. The molecule has 1 aromatic rings. The second-order valence-corrected chi connectivity index (χ2v) is 5.69. The maximum absolute atomic E-state index is 9.97. The number of hydrogen-bond donors (Lipinski definition) is 2. The number of methoxy groups -OCH3 is 1. The summed E-state index contributed by atoms with van der Waals surface area (Å²) in [6.45, 7) is 5.42. The smallest absolute Gasteiger partial charge is 0.124 e. The highest BCUT2D eigenvalue weighted by atomic mass is 16.5. The molecule has 3 heteroatoms. The number of rotatable bonds is 5. The van der Waals surface area contributed by atoms with Gasteiger partial charge in [0.2, 0.25) is 0 Å². The molecule has 1 aliphatic carbocycles. The Balaban J connectivity index is 1.97. The lowest BCUT2D eigenvalue weighted by Crippen LogP contribution is -2.38. The van der Waals surface area contributed by atoms with Crippen molar-refractivity contribution in [3.8, 4) is 11.5 Å². The van der Waals surface area contributed by atoms with Gasteiger partial charge in [-0.15, -0.1) is 0 Å². The molecule has 0 aliphatic heterocycles. The zero-order chi connectivity index (χ0) is 13.2. The molecule has 1 atom stereocenters. The monoisotopic (exact) mass is 249 g/mol. The molecule has 0 aromatic heterocycles. The van der Waals surface area contributed by atoms with Crippen molar-refractivity contribution in [3.05, 3.63) is 23.8 Å². The second kappa shape index (κ2) is 5.19. The lowest BCUT2D eigenvalue weighted by molar-refractivity contribution is 0.151. The predicted molar refractivity (Wildman–Crippen MR) is 73.0 cm³/mol. The number of aromatic hydroxyl groups is 1. The van der Waals surface area contributed by atoms with Gasteiger partial charge in [0.25, 0.3) is 0 Å². The fourth-order valence-corrected chi connectivity index (χ4v) is 2.48. The van der Waals surface area contributed by atoms with Crippen molar-refractivity contribution >= 4 is 0 Å². The van der Waals surface area contributed by atoms with Crippen molar-refractivity contribution in [2.24, 2.45) is 5.41 Å². The Hall–Kier alpha value is -1.22. The Labute approximate surface area is 109 Å². The van der Waals surface area contributed by atoms with Gasteiger partial charge >= 0.3 is 0 Å². The van der Waals surface area contributed by atoms with Gasteiger partial charge in [-0.2, -0.15) is 0 Å². The van der Waals surface area contributed by atoms with Gasteiger partial charge < -0.3 is 15.2 Å². The Morgan fingerprint density at radius 2 is 2.17 bits per heavy atom. The van der Waals surface area contributed by atoms with Crippen molar-refractivity contribution in [2.75, 3.05) is 13.7 Å². The minimum atomic E-state index is 0.160. The van der Waals surface area contributed by atoms with Crippen LogP contribution in [0.5, 0.6) is 11.5 Å². The van der Waals surface area contributed by atoms with Gasteiger partial charge in [-0.05, 0) is 31.2 Å². The van der Waals surface area contributed by atoms with E-state index in [9.17, 15) is 5.11 Å². The van der Waals surface area contributed by atoms with Crippen LogP contribution in [0.3, 0.4) is 0 Å². The maximum atomic E-state index is 9.97. The van der Waals surface area contributed by atoms with Gasteiger partial charge in [-0.25, -0.2) is 0 Å². The molecule has 0 saturated heterocycles. The van der Waals surface area contributed by atoms with Gasteiger partial charge in [0, 0.05) is 24.2 Å². The number of phenols is 1. The molecule has 3 nitrogen and oxygen atoms in total. The van der Waals surface area contributed by atoms with E-state index in [1.807, 2.05) is 12.1 Å². The number of hydrogen-bond acceptors (Lipinski definition) is 3. The second-order valence-electron chi connectivity index (χ2n) is 5.69. The summed E-state index contributed by atoms with van der Waals surface area (Å²) in [5, 5.41) is 13.5. The van der Waals surface area contributed by atoms with Gasteiger partial charge in [-0.1, -0.05) is 19.4 Å². The highest BCUT2D eigenvalue weighted by molar-refractivity contribution is 5.41. The zero-order valence-corrected chi connectivity index (χ0v) is 11.5. The van der Waals surface area contributed by atoms with Gasteiger partial charge in [0.1, 0.15) is 11.5 Å². The van der Waals surface area contributed by atoms with Crippen LogP contribution in [0.2, 0.25) is 0 Å². The maximum Gasteiger partial charge on any atom is 0.124 e. The van der Waals surface area contributed by atoms with Crippen LogP contribution in [0.25, 0.3) is 0 Å². The van der Waals surface area contributed by atoms with Crippen molar-refractivity contribution in [2.45, 2.75) is 39.2 Å². The zero-order valence-electron chi connectivity index (χ0n) is 11.5. The van der Waals surface area contributed by atoms with E-state index in [-0.39, 0.29) is 6.04 Å².